The molecule has 8 nitrogen and oxygen atoms in total. The number of benzene rings is 1. The van der Waals surface area contributed by atoms with Gasteiger partial charge in [-0.2, -0.15) is 4.98 Å². The average molecular weight is 419 g/mol. The third-order valence-corrected chi connectivity index (χ3v) is 5.64. The first kappa shape index (κ1) is 19.5. The summed E-state index contributed by atoms with van der Waals surface area (Å²) in [6.07, 6.45) is 5.85. The zero-order chi connectivity index (χ0) is 21.2. The quantitative estimate of drug-likeness (QED) is 0.602. The average Bonchev–Trinajstić information content (AvgIpc) is 3.51. The van der Waals surface area contributed by atoms with Crippen molar-refractivity contribution in [3.63, 3.8) is 0 Å². The smallest absolute Gasteiger partial charge is 0.277 e. The monoisotopic (exact) mass is 418 g/mol. The van der Waals surface area contributed by atoms with Crippen molar-refractivity contribution in [2.24, 2.45) is 0 Å². The van der Waals surface area contributed by atoms with E-state index in [-0.39, 0.29) is 5.91 Å². The zero-order valence-corrected chi connectivity index (χ0v) is 17.6. The lowest BCUT2D eigenvalue weighted by Gasteiger charge is -2.27. The van der Waals surface area contributed by atoms with E-state index in [9.17, 15) is 4.79 Å². The van der Waals surface area contributed by atoms with Gasteiger partial charge in [-0.05, 0) is 63.3 Å². The molecule has 1 saturated carbocycles. The van der Waals surface area contributed by atoms with Gasteiger partial charge in [0.25, 0.3) is 5.91 Å². The number of hydrogen-bond acceptors (Lipinski definition) is 7. The summed E-state index contributed by atoms with van der Waals surface area (Å²) in [6, 6.07) is 11.2. The molecule has 2 N–H and O–H groups in total. The Morgan fingerprint density at radius 2 is 1.77 bits per heavy atom. The molecule has 0 atom stereocenters. The molecular weight excluding hydrogens is 392 g/mol. The third kappa shape index (κ3) is 4.68. The van der Waals surface area contributed by atoms with Gasteiger partial charge in [0.15, 0.2) is 5.69 Å². The van der Waals surface area contributed by atoms with Gasteiger partial charge in [-0.15, -0.1) is 0 Å². The van der Waals surface area contributed by atoms with Gasteiger partial charge < -0.3 is 20.1 Å². The van der Waals surface area contributed by atoms with Crippen LogP contribution in [0.1, 0.15) is 60.0 Å². The second kappa shape index (κ2) is 8.37. The number of nitrogens with zero attached hydrogens (tertiary/aromatic N) is 4. The first-order valence-corrected chi connectivity index (χ1v) is 10.9. The van der Waals surface area contributed by atoms with Crippen molar-refractivity contribution in [1.82, 2.24) is 15.1 Å². The largest absolute Gasteiger partial charge is 0.360 e. The molecule has 1 aromatic carbocycles. The molecule has 1 aliphatic heterocycles. The molecule has 1 amide bonds. The Kier molecular flexibility index (Phi) is 5.28. The molecule has 2 aromatic heterocycles. The number of aryl methyl sites for hydroxylation is 1. The van der Waals surface area contributed by atoms with Gasteiger partial charge in [-0.25, -0.2) is 4.98 Å². The molecule has 0 bridgehead atoms. The van der Waals surface area contributed by atoms with E-state index in [1.54, 1.807) is 6.07 Å². The molecular formula is C23H26N6O2. The summed E-state index contributed by atoms with van der Waals surface area (Å²) in [7, 11) is 0. The summed E-state index contributed by atoms with van der Waals surface area (Å²) in [5, 5.41) is 10.1. The third-order valence-electron chi connectivity index (χ3n) is 5.64. The van der Waals surface area contributed by atoms with Crippen molar-refractivity contribution in [2.75, 3.05) is 28.6 Å². The number of rotatable bonds is 6. The molecule has 0 radical (unpaired) electrons. The summed E-state index contributed by atoms with van der Waals surface area (Å²) in [4.78, 5) is 24.0. The summed E-state index contributed by atoms with van der Waals surface area (Å²) in [6.45, 7) is 3.99. The minimum atomic E-state index is -0.269. The highest BCUT2D eigenvalue weighted by Crippen LogP contribution is 2.40. The first-order valence-electron chi connectivity index (χ1n) is 10.9. The Labute approximate surface area is 181 Å². The number of piperidine rings is 1. The van der Waals surface area contributed by atoms with Crippen LogP contribution in [0.2, 0.25) is 0 Å². The fourth-order valence-electron chi connectivity index (χ4n) is 3.79. The van der Waals surface area contributed by atoms with Crippen molar-refractivity contribution in [1.29, 1.82) is 0 Å². The highest BCUT2D eigenvalue weighted by atomic mass is 16.5. The molecule has 0 unspecified atom stereocenters. The van der Waals surface area contributed by atoms with Crippen molar-refractivity contribution in [3.05, 3.63) is 53.5 Å². The second-order valence-corrected chi connectivity index (χ2v) is 8.29. The fourth-order valence-corrected chi connectivity index (χ4v) is 3.79. The van der Waals surface area contributed by atoms with E-state index in [1.165, 1.54) is 19.3 Å². The van der Waals surface area contributed by atoms with Crippen molar-refractivity contribution >= 4 is 29.0 Å². The molecule has 2 aliphatic rings. The first-order chi connectivity index (χ1) is 15.1. The molecule has 5 rings (SSSR count). The van der Waals surface area contributed by atoms with Gasteiger partial charge >= 0.3 is 0 Å². The maximum atomic E-state index is 12.4. The molecule has 160 valence electrons. The molecule has 1 aliphatic carbocycles. The minimum absolute atomic E-state index is 0.269. The summed E-state index contributed by atoms with van der Waals surface area (Å²) in [5.74, 6) is 2.51. The Balaban J connectivity index is 1.23. The molecule has 0 spiro atoms. The zero-order valence-electron chi connectivity index (χ0n) is 17.6. The Morgan fingerprint density at radius 1 is 1.03 bits per heavy atom. The number of carbonyl (C=O) groups excluding carboxylic acids is 1. The van der Waals surface area contributed by atoms with E-state index in [1.807, 2.05) is 37.3 Å². The van der Waals surface area contributed by atoms with Gasteiger partial charge in [0.2, 0.25) is 5.95 Å². The van der Waals surface area contributed by atoms with E-state index in [0.29, 0.717) is 17.3 Å². The van der Waals surface area contributed by atoms with Crippen molar-refractivity contribution in [2.45, 2.75) is 44.9 Å². The molecule has 3 heterocycles. The topological polar surface area (TPSA) is 96.2 Å². The molecule has 31 heavy (non-hydrogen) atoms. The summed E-state index contributed by atoms with van der Waals surface area (Å²) >= 11 is 0. The van der Waals surface area contributed by atoms with Crippen LogP contribution in [0.5, 0.6) is 0 Å². The van der Waals surface area contributed by atoms with Crippen LogP contribution in [-0.2, 0) is 0 Å². The number of hydrogen-bond donors (Lipinski definition) is 2. The summed E-state index contributed by atoms with van der Waals surface area (Å²) < 4.78 is 5.26. The molecule has 8 heteroatoms. The normalized spacial score (nSPS) is 16.2. The lowest BCUT2D eigenvalue weighted by atomic mass is 10.1. The SMILES string of the molecule is Cc1cc(Nc2ccc(NC(=O)c3cc(C4CC4)on3)cc2)nc(N2CCCCC2)n1. The van der Waals surface area contributed by atoms with Crippen LogP contribution in [0.3, 0.4) is 0 Å². The predicted molar refractivity (Wildman–Crippen MR) is 119 cm³/mol. The van der Waals surface area contributed by atoms with E-state index < -0.39 is 0 Å². The maximum Gasteiger partial charge on any atom is 0.277 e. The Bertz CT molecular complexity index is 1070. The fraction of sp³-hybridized carbons (Fsp3) is 0.391. The van der Waals surface area contributed by atoms with E-state index >= 15 is 0 Å². The summed E-state index contributed by atoms with van der Waals surface area (Å²) in [5.41, 5.74) is 2.82. The number of carbonyl (C=O) groups is 1. The molecule has 2 fully saturated rings. The Morgan fingerprint density at radius 3 is 2.52 bits per heavy atom. The number of amides is 1. The number of nitrogens with one attached hydrogen (secondary N) is 2. The van der Waals surface area contributed by atoms with Gasteiger partial charge in [0, 0.05) is 48.2 Å². The van der Waals surface area contributed by atoms with E-state index in [0.717, 1.165) is 54.8 Å². The molecule has 3 aromatic rings. The van der Waals surface area contributed by atoms with Crippen LogP contribution in [0.15, 0.2) is 40.9 Å². The van der Waals surface area contributed by atoms with Crippen LogP contribution < -0.4 is 15.5 Å². The standard InChI is InChI=1S/C23H26N6O2/c1-15-13-21(27-23(24-15)29-11-3-2-4-12-29)25-17-7-9-18(10-8-17)26-22(30)19-14-20(31-28-19)16-5-6-16/h7-10,13-14,16H,2-6,11-12H2,1H3,(H,26,30)(H,24,25,27). The van der Waals surface area contributed by atoms with Gasteiger partial charge in [0.1, 0.15) is 11.6 Å². The number of aromatic nitrogens is 3. The molecule has 1 saturated heterocycles. The highest BCUT2D eigenvalue weighted by molar-refractivity contribution is 6.02. The van der Waals surface area contributed by atoms with Crippen LogP contribution in [-0.4, -0.2) is 34.1 Å². The van der Waals surface area contributed by atoms with Crippen LogP contribution in [0.25, 0.3) is 0 Å². The van der Waals surface area contributed by atoms with Crippen molar-refractivity contribution < 1.29 is 9.32 Å². The minimum Gasteiger partial charge on any atom is -0.360 e. The van der Waals surface area contributed by atoms with Crippen molar-refractivity contribution in [3.8, 4) is 0 Å². The number of anilines is 4. The van der Waals surface area contributed by atoms with Crippen LogP contribution in [0.4, 0.5) is 23.1 Å². The highest BCUT2D eigenvalue weighted by Gasteiger charge is 2.28. The second-order valence-electron chi connectivity index (χ2n) is 8.29. The maximum absolute atomic E-state index is 12.4. The predicted octanol–water partition coefficient (Wildman–Crippen LogP) is 4.64. The lowest BCUT2D eigenvalue weighted by molar-refractivity contribution is 0.101. The van der Waals surface area contributed by atoms with Gasteiger partial charge in [0.05, 0.1) is 0 Å². The van der Waals surface area contributed by atoms with Gasteiger partial charge in [-0.1, -0.05) is 5.16 Å². The van der Waals surface area contributed by atoms with E-state index in [2.05, 4.69) is 25.7 Å². The van der Waals surface area contributed by atoms with Crippen LogP contribution in [0, 0.1) is 6.92 Å². The van der Waals surface area contributed by atoms with Gasteiger partial charge in [-0.3, -0.25) is 4.79 Å². The Hall–Kier alpha value is -3.42. The lowest BCUT2D eigenvalue weighted by Crippen LogP contribution is -2.31. The van der Waals surface area contributed by atoms with Crippen LogP contribution >= 0.6 is 0 Å². The van der Waals surface area contributed by atoms with E-state index in [4.69, 9.17) is 9.51 Å².